The second kappa shape index (κ2) is 9.38. The number of rotatable bonds is 8. The molecule has 1 heterocycles. The van der Waals surface area contributed by atoms with Gasteiger partial charge in [-0.25, -0.2) is 8.42 Å². The van der Waals surface area contributed by atoms with Gasteiger partial charge in [0.1, 0.15) is 17.9 Å². The lowest BCUT2D eigenvalue weighted by Crippen LogP contribution is -2.16. The number of amides is 1. The van der Waals surface area contributed by atoms with E-state index < -0.39 is 15.9 Å². The molecule has 0 saturated heterocycles. The molecule has 0 spiro atoms. The summed E-state index contributed by atoms with van der Waals surface area (Å²) in [7, 11) is -3.39. The number of aryl methyl sites for hydroxylation is 1. The first-order valence-corrected chi connectivity index (χ1v) is 12.1. The number of benzene rings is 3. The van der Waals surface area contributed by atoms with Gasteiger partial charge < -0.3 is 14.5 Å². The molecule has 0 aliphatic heterocycles. The first-order valence-electron chi connectivity index (χ1n) is 10.5. The van der Waals surface area contributed by atoms with Crippen molar-refractivity contribution in [2.24, 2.45) is 0 Å². The average Bonchev–Trinajstić information content (AvgIpc) is 3.19. The summed E-state index contributed by atoms with van der Waals surface area (Å²) in [6.07, 6.45) is 0. The lowest BCUT2D eigenvalue weighted by molar-refractivity contribution is 0.0995. The molecule has 0 aliphatic carbocycles. The fourth-order valence-corrected chi connectivity index (χ4v) is 4.09. The van der Waals surface area contributed by atoms with Crippen LogP contribution in [-0.2, 0) is 16.6 Å². The van der Waals surface area contributed by atoms with Gasteiger partial charge in [-0.15, -0.1) is 0 Å². The van der Waals surface area contributed by atoms with E-state index in [2.05, 4.69) is 10.0 Å². The number of hydrogen-bond donors (Lipinski definition) is 2. The lowest BCUT2D eigenvalue weighted by Gasteiger charge is -2.12. The van der Waals surface area contributed by atoms with Gasteiger partial charge in [0, 0.05) is 16.6 Å². The van der Waals surface area contributed by atoms with Crippen molar-refractivity contribution in [1.82, 2.24) is 0 Å². The van der Waals surface area contributed by atoms with Crippen LogP contribution < -0.4 is 14.8 Å². The SMILES string of the molecule is CCS(=O)(=O)Nc1ccc(NC(=O)c2oc3ccccc3c2COc2ccccc2)cc1C. The van der Waals surface area contributed by atoms with Gasteiger partial charge in [0.2, 0.25) is 10.0 Å². The maximum Gasteiger partial charge on any atom is 0.291 e. The largest absolute Gasteiger partial charge is 0.489 e. The standard InChI is InChI=1S/C25H24N2O5S/c1-3-33(29,30)27-22-14-13-18(15-17(22)2)26-25(28)24-21(16-31-19-9-5-4-6-10-19)20-11-7-8-12-23(20)32-24/h4-15,27H,3,16H2,1-2H3,(H,26,28). The third-order valence-corrected chi connectivity index (χ3v) is 6.45. The van der Waals surface area contributed by atoms with Crippen molar-refractivity contribution >= 4 is 38.3 Å². The number of nitrogens with one attached hydrogen (secondary N) is 2. The maximum absolute atomic E-state index is 13.1. The Labute approximate surface area is 192 Å². The van der Waals surface area contributed by atoms with Gasteiger partial charge in [-0.2, -0.15) is 0 Å². The highest BCUT2D eigenvalue weighted by Crippen LogP contribution is 2.29. The van der Waals surface area contributed by atoms with Crippen LogP contribution >= 0.6 is 0 Å². The molecular weight excluding hydrogens is 440 g/mol. The molecule has 4 aromatic rings. The molecular formula is C25H24N2O5S. The summed E-state index contributed by atoms with van der Waals surface area (Å²) in [6, 6.07) is 21.7. The molecule has 0 unspecified atom stereocenters. The van der Waals surface area contributed by atoms with Crippen molar-refractivity contribution in [2.75, 3.05) is 15.8 Å². The van der Waals surface area contributed by atoms with Gasteiger partial charge in [-0.1, -0.05) is 36.4 Å². The second-order valence-corrected chi connectivity index (χ2v) is 9.51. The summed E-state index contributed by atoms with van der Waals surface area (Å²) < 4.78 is 38.0. The molecule has 0 bridgehead atoms. The van der Waals surface area contributed by atoms with Crippen LogP contribution in [0.2, 0.25) is 0 Å². The number of carbonyl (C=O) groups excluding carboxylic acids is 1. The Morgan fingerprint density at radius 1 is 1.00 bits per heavy atom. The zero-order valence-electron chi connectivity index (χ0n) is 18.3. The molecule has 0 atom stereocenters. The van der Waals surface area contributed by atoms with Gasteiger partial charge in [0.25, 0.3) is 5.91 Å². The molecule has 1 amide bonds. The second-order valence-electron chi connectivity index (χ2n) is 7.50. The Kier molecular flexibility index (Phi) is 6.37. The molecule has 0 aliphatic rings. The first-order chi connectivity index (χ1) is 15.9. The van der Waals surface area contributed by atoms with Crippen LogP contribution in [-0.4, -0.2) is 20.1 Å². The minimum atomic E-state index is -3.39. The van der Waals surface area contributed by atoms with Gasteiger partial charge in [0.15, 0.2) is 5.76 Å². The maximum atomic E-state index is 13.1. The predicted octanol–water partition coefficient (Wildman–Crippen LogP) is 5.33. The summed E-state index contributed by atoms with van der Waals surface area (Å²) >= 11 is 0. The fourth-order valence-electron chi connectivity index (χ4n) is 3.38. The molecule has 1 aromatic heterocycles. The Bertz CT molecular complexity index is 1400. The topological polar surface area (TPSA) is 97.6 Å². The van der Waals surface area contributed by atoms with Crippen LogP contribution in [0.25, 0.3) is 11.0 Å². The molecule has 0 saturated carbocycles. The van der Waals surface area contributed by atoms with Gasteiger partial charge in [0.05, 0.1) is 11.4 Å². The van der Waals surface area contributed by atoms with E-state index in [0.717, 1.165) is 5.39 Å². The summed E-state index contributed by atoms with van der Waals surface area (Å²) in [5, 5.41) is 3.64. The number of furan rings is 1. The average molecular weight is 465 g/mol. The molecule has 8 heteroatoms. The highest BCUT2D eigenvalue weighted by atomic mass is 32.2. The lowest BCUT2D eigenvalue weighted by atomic mass is 10.1. The Morgan fingerprint density at radius 2 is 1.73 bits per heavy atom. The molecule has 0 radical (unpaired) electrons. The summed E-state index contributed by atoms with van der Waals surface area (Å²) in [4.78, 5) is 13.1. The molecule has 3 aromatic carbocycles. The highest BCUT2D eigenvalue weighted by Gasteiger charge is 2.21. The zero-order chi connectivity index (χ0) is 23.4. The molecule has 7 nitrogen and oxygen atoms in total. The molecule has 170 valence electrons. The van der Waals surface area contributed by atoms with Gasteiger partial charge in [-0.05, 0) is 55.8 Å². The van der Waals surface area contributed by atoms with Crippen LogP contribution in [0.15, 0.2) is 77.2 Å². The van der Waals surface area contributed by atoms with Crippen LogP contribution in [0.5, 0.6) is 5.75 Å². The summed E-state index contributed by atoms with van der Waals surface area (Å²) in [6.45, 7) is 3.50. The van der Waals surface area contributed by atoms with E-state index in [4.69, 9.17) is 9.15 Å². The Hall–Kier alpha value is -3.78. The normalized spacial score (nSPS) is 11.3. The Balaban J connectivity index is 1.58. The number of ether oxygens (including phenoxy) is 1. The van der Waals surface area contributed by atoms with Crippen LogP contribution in [0, 0.1) is 6.92 Å². The third kappa shape index (κ3) is 5.18. The number of sulfonamides is 1. The Morgan fingerprint density at radius 3 is 2.45 bits per heavy atom. The van der Waals surface area contributed by atoms with Crippen molar-refractivity contribution < 1.29 is 22.4 Å². The summed E-state index contributed by atoms with van der Waals surface area (Å²) in [5.41, 5.74) is 2.91. The van der Waals surface area contributed by atoms with Crippen molar-refractivity contribution in [3.8, 4) is 5.75 Å². The first kappa shape index (κ1) is 22.4. The number of anilines is 2. The minimum Gasteiger partial charge on any atom is -0.489 e. The number of fused-ring (bicyclic) bond motifs is 1. The number of hydrogen-bond acceptors (Lipinski definition) is 5. The van der Waals surface area contributed by atoms with Crippen molar-refractivity contribution in [3.05, 3.63) is 89.7 Å². The van der Waals surface area contributed by atoms with Crippen LogP contribution in [0.1, 0.15) is 28.6 Å². The van der Waals surface area contributed by atoms with E-state index >= 15 is 0 Å². The minimum absolute atomic E-state index is 0.0230. The van der Waals surface area contributed by atoms with Crippen molar-refractivity contribution in [2.45, 2.75) is 20.5 Å². The molecule has 0 fully saturated rings. The van der Waals surface area contributed by atoms with E-state index in [-0.39, 0.29) is 18.1 Å². The van der Waals surface area contributed by atoms with Crippen molar-refractivity contribution in [1.29, 1.82) is 0 Å². The van der Waals surface area contributed by atoms with Crippen molar-refractivity contribution in [3.63, 3.8) is 0 Å². The smallest absolute Gasteiger partial charge is 0.291 e. The van der Waals surface area contributed by atoms with E-state index in [1.54, 1.807) is 38.1 Å². The third-order valence-electron chi connectivity index (χ3n) is 5.16. The van der Waals surface area contributed by atoms with E-state index in [1.165, 1.54) is 0 Å². The zero-order valence-corrected chi connectivity index (χ0v) is 19.1. The van der Waals surface area contributed by atoms with Gasteiger partial charge >= 0.3 is 0 Å². The van der Waals surface area contributed by atoms with E-state index in [9.17, 15) is 13.2 Å². The van der Waals surface area contributed by atoms with Gasteiger partial charge in [-0.3, -0.25) is 9.52 Å². The fraction of sp³-hybridized carbons (Fsp3) is 0.160. The quantitative estimate of drug-likeness (QED) is 0.367. The predicted molar refractivity (Wildman–Crippen MR) is 129 cm³/mol. The molecule has 4 rings (SSSR count). The van der Waals surface area contributed by atoms with E-state index in [0.29, 0.717) is 33.8 Å². The molecule has 33 heavy (non-hydrogen) atoms. The van der Waals surface area contributed by atoms with E-state index in [1.807, 2.05) is 48.5 Å². The number of para-hydroxylation sites is 2. The molecule has 2 N–H and O–H groups in total. The van der Waals surface area contributed by atoms with Crippen LogP contribution in [0.3, 0.4) is 0 Å². The monoisotopic (exact) mass is 464 g/mol. The number of carbonyl (C=O) groups is 1. The highest BCUT2D eigenvalue weighted by molar-refractivity contribution is 7.92. The summed E-state index contributed by atoms with van der Waals surface area (Å²) in [5.74, 6) is 0.416. The van der Waals surface area contributed by atoms with Crippen LogP contribution in [0.4, 0.5) is 11.4 Å².